The largest absolute Gasteiger partial charge is 0.342 e. The van der Waals surface area contributed by atoms with E-state index in [0.29, 0.717) is 10.6 Å². The van der Waals surface area contributed by atoms with Crippen molar-refractivity contribution in [2.45, 2.75) is 26.4 Å². The minimum atomic E-state index is -0.788. The molecule has 0 aliphatic carbocycles. The van der Waals surface area contributed by atoms with Gasteiger partial charge in [-0.15, -0.1) is 0 Å². The van der Waals surface area contributed by atoms with E-state index in [1.165, 1.54) is 11.6 Å². The molecule has 36 heavy (non-hydrogen) atoms. The fraction of sp³-hybridized carbons (Fsp3) is 0.179. The van der Waals surface area contributed by atoms with Crippen LogP contribution >= 0.6 is 23.2 Å². The molecule has 0 aliphatic rings. The minimum absolute atomic E-state index is 0.167. The lowest BCUT2D eigenvalue weighted by Crippen LogP contribution is -2.48. The van der Waals surface area contributed by atoms with Crippen molar-refractivity contribution in [3.8, 4) is 0 Å². The molecule has 184 valence electrons. The number of benzene rings is 3. The van der Waals surface area contributed by atoms with Crippen LogP contribution in [0.5, 0.6) is 0 Å². The average Bonchev–Trinajstić information content (AvgIpc) is 3.21. The van der Waals surface area contributed by atoms with Crippen molar-refractivity contribution in [1.82, 2.24) is 15.3 Å². The summed E-state index contributed by atoms with van der Waals surface area (Å²) < 4.78 is 2.15. The van der Waals surface area contributed by atoms with Gasteiger partial charge in [0.1, 0.15) is 6.04 Å². The average molecular weight is 521 g/mol. The number of nitrogens with one attached hydrogen (secondary N) is 2. The molecule has 3 aromatic carbocycles. The zero-order valence-corrected chi connectivity index (χ0v) is 21.4. The Morgan fingerprint density at radius 1 is 0.972 bits per heavy atom. The van der Waals surface area contributed by atoms with Crippen LogP contribution in [0.15, 0.2) is 84.1 Å². The third-order valence-corrected chi connectivity index (χ3v) is 6.55. The molecule has 4 rings (SSSR count). The van der Waals surface area contributed by atoms with Crippen LogP contribution in [0, 0.1) is 5.92 Å². The normalized spacial score (nSPS) is 12.2. The van der Waals surface area contributed by atoms with Crippen LogP contribution in [-0.2, 0) is 11.3 Å². The molecule has 1 heterocycles. The van der Waals surface area contributed by atoms with Gasteiger partial charge in [-0.1, -0.05) is 85.6 Å². The Kier molecular flexibility index (Phi) is 8.08. The molecule has 0 bridgehead atoms. The van der Waals surface area contributed by atoms with E-state index in [-0.39, 0.29) is 10.9 Å². The highest BCUT2D eigenvalue weighted by molar-refractivity contribution is 6.42. The Labute approximate surface area is 219 Å². The number of fused-ring (bicyclic) bond motifs is 1. The third kappa shape index (κ3) is 5.96. The number of carbonyl (C=O) groups excluding carboxylic acids is 2. The van der Waals surface area contributed by atoms with Crippen LogP contribution in [0.1, 0.15) is 35.3 Å². The van der Waals surface area contributed by atoms with Gasteiger partial charge < -0.3 is 9.88 Å². The van der Waals surface area contributed by atoms with Crippen LogP contribution in [0.2, 0.25) is 10.0 Å². The number of hydrazone groups is 1. The fourth-order valence-electron chi connectivity index (χ4n) is 3.92. The summed E-state index contributed by atoms with van der Waals surface area (Å²) in [7, 11) is 0. The molecule has 4 aromatic rings. The van der Waals surface area contributed by atoms with Gasteiger partial charge in [-0.05, 0) is 35.7 Å². The van der Waals surface area contributed by atoms with Crippen LogP contribution < -0.4 is 10.7 Å². The first kappa shape index (κ1) is 25.5. The van der Waals surface area contributed by atoms with Crippen molar-refractivity contribution in [2.24, 2.45) is 11.0 Å². The first-order valence-electron chi connectivity index (χ1n) is 11.5. The second-order valence-corrected chi connectivity index (χ2v) is 9.59. The first-order chi connectivity index (χ1) is 17.3. The molecular weight excluding hydrogens is 495 g/mol. The van der Waals surface area contributed by atoms with E-state index in [2.05, 4.69) is 38.6 Å². The van der Waals surface area contributed by atoms with Crippen molar-refractivity contribution in [3.05, 3.63) is 106 Å². The van der Waals surface area contributed by atoms with Crippen LogP contribution in [0.3, 0.4) is 0 Å². The number of para-hydroxylation sites is 1. The van der Waals surface area contributed by atoms with Crippen molar-refractivity contribution < 1.29 is 9.59 Å². The highest BCUT2D eigenvalue weighted by Gasteiger charge is 2.24. The van der Waals surface area contributed by atoms with E-state index < -0.39 is 17.9 Å². The molecule has 0 aliphatic heterocycles. The van der Waals surface area contributed by atoms with Gasteiger partial charge in [-0.3, -0.25) is 9.59 Å². The summed E-state index contributed by atoms with van der Waals surface area (Å²) >= 11 is 12.0. The predicted octanol–water partition coefficient (Wildman–Crippen LogP) is 5.90. The summed E-state index contributed by atoms with van der Waals surface area (Å²) in [6.45, 7) is 4.41. The number of hydrogen-bond acceptors (Lipinski definition) is 3. The standard InChI is InChI=1S/C28H26Cl2N4O2/c1-18(2)26(32-27(35)20-12-13-23(29)24(30)14-20)28(36)33-31-15-21-17-34(16-19-8-4-3-5-9-19)25-11-7-6-10-22(21)25/h3-15,17-18,26H,16H2,1-2H3,(H,32,35)(H,33,36)/b31-15-. The number of carbonyl (C=O) groups is 2. The molecule has 2 N–H and O–H groups in total. The second kappa shape index (κ2) is 11.4. The van der Waals surface area contributed by atoms with Gasteiger partial charge >= 0.3 is 0 Å². The maximum absolute atomic E-state index is 12.9. The molecule has 0 radical (unpaired) electrons. The Morgan fingerprint density at radius 2 is 1.69 bits per heavy atom. The molecule has 1 aromatic heterocycles. The molecule has 0 spiro atoms. The number of rotatable bonds is 8. The number of halogens is 2. The molecular formula is C28H26Cl2N4O2. The fourth-order valence-corrected chi connectivity index (χ4v) is 4.22. The Morgan fingerprint density at radius 3 is 2.42 bits per heavy atom. The molecule has 0 fully saturated rings. The van der Waals surface area contributed by atoms with E-state index in [1.54, 1.807) is 18.3 Å². The Bertz CT molecular complexity index is 1410. The van der Waals surface area contributed by atoms with Gasteiger partial charge in [0.2, 0.25) is 0 Å². The van der Waals surface area contributed by atoms with Crippen molar-refractivity contribution in [1.29, 1.82) is 0 Å². The summed E-state index contributed by atoms with van der Waals surface area (Å²) in [5.74, 6) is -1.00. The molecule has 0 saturated heterocycles. The third-order valence-electron chi connectivity index (χ3n) is 5.81. The number of amides is 2. The highest BCUT2D eigenvalue weighted by Crippen LogP contribution is 2.23. The summed E-state index contributed by atoms with van der Waals surface area (Å²) in [5.41, 5.74) is 6.03. The van der Waals surface area contributed by atoms with Crippen molar-refractivity contribution in [2.75, 3.05) is 0 Å². The van der Waals surface area contributed by atoms with E-state index in [1.807, 2.05) is 56.4 Å². The maximum Gasteiger partial charge on any atom is 0.262 e. The van der Waals surface area contributed by atoms with E-state index >= 15 is 0 Å². The quantitative estimate of drug-likeness (QED) is 0.224. The molecule has 1 atom stereocenters. The highest BCUT2D eigenvalue weighted by atomic mass is 35.5. The molecule has 0 saturated carbocycles. The lowest BCUT2D eigenvalue weighted by molar-refractivity contribution is -0.123. The van der Waals surface area contributed by atoms with Gasteiger partial charge in [0, 0.05) is 34.8 Å². The maximum atomic E-state index is 12.9. The van der Waals surface area contributed by atoms with E-state index in [4.69, 9.17) is 23.2 Å². The molecule has 6 nitrogen and oxygen atoms in total. The topological polar surface area (TPSA) is 75.5 Å². The van der Waals surface area contributed by atoms with Crippen molar-refractivity contribution in [3.63, 3.8) is 0 Å². The summed E-state index contributed by atoms with van der Waals surface area (Å²) in [4.78, 5) is 25.6. The van der Waals surface area contributed by atoms with Gasteiger partial charge in [0.05, 0.1) is 16.3 Å². The predicted molar refractivity (Wildman–Crippen MR) is 146 cm³/mol. The molecule has 2 amide bonds. The van der Waals surface area contributed by atoms with E-state index in [9.17, 15) is 9.59 Å². The van der Waals surface area contributed by atoms with E-state index in [0.717, 1.165) is 23.0 Å². The Hall–Kier alpha value is -3.61. The number of nitrogens with zero attached hydrogens (tertiary/aromatic N) is 2. The first-order valence-corrected chi connectivity index (χ1v) is 12.3. The van der Waals surface area contributed by atoms with Crippen LogP contribution in [-0.4, -0.2) is 28.6 Å². The van der Waals surface area contributed by atoms with Crippen LogP contribution in [0.25, 0.3) is 10.9 Å². The number of aromatic nitrogens is 1. The second-order valence-electron chi connectivity index (χ2n) is 8.77. The van der Waals surface area contributed by atoms with Gasteiger partial charge in [-0.25, -0.2) is 5.43 Å². The smallest absolute Gasteiger partial charge is 0.262 e. The van der Waals surface area contributed by atoms with Crippen LogP contribution in [0.4, 0.5) is 0 Å². The monoisotopic (exact) mass is 520 g/mol. The zero-order valence-electron chi connectivity index (χ0n) is 19.9. The number of hydrogen-bond donors (Lipinski definition) is 2. The van der Waals surface area contributed by atoms with Gasteiger partial charge in [-0.2, -0.15) is 5.10 Å². The Balaban J connectivity index is 1.47. The summed E-state index contributed by atoms with van der Waals surface area (Å²) in [6.07, 6.45) is 3.64. The van der Waals surface area contributed by atoms with Gasteiger partial charge in [0.25, 0.3) is 11.8 Å². The summed E-state index contributed by atoms with van der Waals surface area (Å²) in [6, 6.07) is 22.0. The van der Waals surface area contributed by atoms with Crippen molar-refractivity contribution >= 4 is 52.1 Å². The molecule has 8 heteroatoms. The SMILES string of the molecule is CC(C)C(NC(=O)c1ccc(Cl)c(Cl)c1)C(=O)N/N=C\c1cn(Cc2ccccc2)c2ccccc12. The van der Waals surface area contributed by atoms with Gasteiger partial charge in [0.15, 0.2) is 0 Å². The minimum Gasteiger partial charge on any atom is -0.342 e. The zero-order chi connectivity index (χ0) is 25.7. The lowest BCUT2D eigenvalue weighted by atomic mass is 10.0. The lowest BCUT2D eigenvalue weighted by Gasteiger charge is -2.20. The molecule has 1 unspecified atom stereocenters. The summed E-state index contributed by atoms with van der Waals surface area (Å²) in [5, 5.41) is 8.60.